The van der Waals surface area contributed by atoms with Gasteiger partial charge in [-0.15, -0.1) is 0 Å². The maximum atomic E-state index is 13.5. The lowest BCUT2D eigenvalue weighted by atomic mass is 10.1. The minimum atomic E-state index is -0.290. The van der Waals surface area contributed by atoms with E-state index in [0.29, 0.717) is 19.0 Å². The summed E-state index contributed by atoms with van der Waals surface area (Å²) in [6, 6.07) is 16.4. The van der Waals surface area contributed by atoms with Crippen molar-refractivity contribution in [2.45, 2.75) is 40.7 Å². The SMILES string of the molecule is CCN1CCN(c2c(CN(CC(C)C)C(=O)Cc3ccc(F)cc3)c(C)nn2-c2ccccc2)CC1. The fraction of sp³-hybridized carbons (Fsp3) is 0.448. The van der Waals surface area contributed by atoms with Crippen LogP contribution in [0.1, 0.15) is 37.6 Å². The number of para-hydroxylation sites is 1. The van der Waals surface area contributed by atoms with Crippen LogP contribution in [0.4, 0.5) is 10.2 Å². The number of nitrogens with zero attached hydrogens (tertiary/aromatic N) is 5. The zero-order valence-electron chi connectivity index (χ0n) is 22.0. The van der Waals surface area contributed by atoms with Crippen molar-refractivity contribution in [3.8, 4) is 5.69 Å². The number of rotatable bonds is 9. The van der Waals surface area contributed by atoms with Crippen molar-refractivity contribution < 1.29 is 9.18 Å². The summed E-state index contributed by atoms with van der Waals surface area (Å²) in [5.41, 5.74) is 3.88. The van der Waals surface area contributed by atoms with Crippen LogP contribution in [0.3, 0.4) is 0 Å². The highest BCUT2D eigenvalue weighted by Crippen LogP contribution is 2.30. The number of carbonyl (C=O) groups excluding carboxylic acids is 1. The number of aryl methyl sites for hydroxylation is 1. The van der Waals surface area contributed by atoms with Crippen LogP contribution in [-0.2, 0) is 17.8 Å². The molecule has 1 amide bonds. The number of carbonyl (C=O) groups is 1. The van der Waals surface area contributed by atoms with Gasteiger partial charge in [-0.1, -0.05) is 51.1 Å². The Balaban J connectivity index is 1.67. The molecule has 36 heavy (non-hydrogen) atoms. The van der Waals surface area contributed by atoms with Crippen molar-refractivity contribution in [3.63, 3.8) is 0 Å². The lowest BCUT2D eigenvalue weighted by molar-refractivity contribution is -0.131. The van der Waals surface area contributed by atoms with Gasteiger partial charge in [0.2, 0.25) is 5.91 Å². The molecule has 192 valence electrons. The van der Waals surface area contributed by atoms with Gasteiger partial charge in [-0.2, -0.15) is 5.10 Å². The van der Waals surface area contributed by atoms with Gasteiger partial charge >= 0.3 is 0 Å². The van der Waals surface area contributed by atoms with Crippen molar-refractivity contribution in [1.82, 2.24) is 19.6 Å². The highest BCUT2D eigenvalue weighted by molar-refractivity contribution is 5.79. The van der Waals surface area contributed by atoms with E-state index in [4.69, 9.17) is 5.10 Å². The van der Waals surface area contributed by atoms with Gasteiger partial charge in [-0.25, -0.2) is 9.07 Å². The number of aromatic nitrogens is 2. The van der Waals surface area contributed by atoms with E-state index < -0.39 is 0 Å². The zero-order chi connectivity index (χ0) is 25.7. The Bertz CT molecular complexity index is 1130. The Morgan fingerprint density at radius 2 is 1.69 bits per heavy atom. The van der Waals surface area contributed by atoms with E-state index in [1.807, 2.05) is 34.7 Å². The van der Waals surface area contributed by atoms with Gasteiger partial charge in [0.05, 0.1) is 24.3 Å². The molecular formula is C29H38FN5O. The summed E-state index contributed by atoms with van der Waals surface area (Å²) in [5.74, 6) is 1.16. The van der Waals surface area contributed by atoms with Crippen LogP contribution in [0.2, 0.25) is 0 Å². The summed E-state index contributed by atoms with van der Waals surface area (Å²) >= 11 is 0. The molecule has 0 spiro atoms. The summed E-state index contributed by atoms with van der Waals surface area (Å²) in [7, 11) is 0. The first-order chi connectivity index (χ1) is 17.4. The molecule has 1 fully saturated rings. The number of benzene rings is 2. The normalized spacial score (nSPS) is 14.4. The fourth-order valence-electron chi connectivity index (χ4n) is 4.86. The van der Waals surface area contributed by atoms with Gasteiger partial charge < -0.3 is 14.7 Å². The Morgan fingerprint density at radius 3 is 2.31 bits per heavy atom. The second-order valence-corrected chi connectivity index (χ2v) is 10.0. The van der Waals surface area contributed by atoms with Crippen molar-refractivity contribution in [1.29, 1.82) is 0 Å². The highest BCUT2D eigenvalue weighted by Gasteiger charge is 2.27. The highest BCUT2D eigenvalue weighted by atomic mass is 19.1. The van der Waals surface area contributed by atoms with Gasteiger partial charge in [-0.05, 0) is 49.2 Å². The van der Waals surface area contributed by atoms with Crippen LogP contribution in [0.15, 0.2) is 54.6 Å². The zero-order valence-corrected chi connectivity index (χ0v) is 22.0. The molecule has 3 aromatic rings. The summed E-state index contributed by atoms with van der Waals surface area (Å²) in [6.45, 7) is 14.6. The van der Waals surface area contributed by atoms with E-state index in [1.165, 1.54) is 12.1 Å². The maximum Gasteiger partial charge on any atom is 0.227 e. The summed E-state index contributed by atoms with van der Waals surface area (Å²) < 4.78 is 15.4. The van der Waals surface area contributed by atoms with E-state index in [9.17, 15) is 9.18 Å². The van der Waals surface area contributed by atoms with Crippen molar-refractivity contribution in [2.24, 2.45) is 5.92 Å². The molecular weight excluding hydrogens is 453 g/mol. The van der Waals surface area contributed by atoms with Gasteiger partial charge in [0.1, 0.15) is 11.6 Å². The molecule has 1 saturated heterocycles. The Kier molecular flexibility index (Phi) is 8.41. The lowest BCUT2D eigenvalue weighted by Gasteiger charge is -2.36. The number of amides is 1. The quantitative estimate of drug-likeness (QED) is 0.436. The second kappa shape index (κ2) is 11.7. The van der Waals surface area contributed by atoms with Gasteiger partial charge in [-0.3, -0.25) is 4.79 Å². The third-order valence-electron chi connectivity index (χ3n) is 6.83. The van der Waals surface area contributed by atoms with E-state index in [0.717, 1.165) is 61.0 Å². The van der Waals surface area contributed by atoms with Crippen LogP contribution >= 0.6 is 0 Å². The molecule has 0 atom stereocenters. The molecule has 2 aromatic carbocycles. The first-order valence-corrected chi connectivity index (χ1v) is 13.0. The van der Waals surface area contributed by atoms with Crippen molar-refractivity contribution in [2.75, 3.05) is 44.2 Å². The lowest BCUT2D eigenvalue weighted by Crippen LogP contribution is -2.47. The third kappa shape index (κ3) is 6.13. The fourth-order valence-corrected chi connectivity index (χ4v) is 4.86. The number of anilines is 1. The molecule has 7 heteroatoms. The molecule has 4 rings (SSSR count). The van der Waals surface area contributed by atoms with Gasteiger partial charge in [0, 0.05) is 38.3 Å². The largest absolute Gasteiger partial charge is 0.354 e. The van der Waals surface area contributed by atoms with E-state index in [-0.39, 0.29) is 18.1 Å². The predicted octanol–water partition coefficient (Wildman–Crippen LogP) is 4.69. The topological polar surface area (TPSA) is 44.6 Å². The maximum absolute atomic E-state index is 13.5. The summed E-state index contributed by atoms with van der Waals surface area (Å²) in [5, 5.41) is 4.96. The molecule has 0 bridgehead atoms. The predicted molar refractivity (Wildman–Crippen MR) is 143 cm³/mol. The molecule has 6 nitrogen and oxygen atoms in total. The minimum absolute atomic E-state index is 0.0453. The average Bonchev–Trinajstić information content (AvgIpc) is 3.21. The molecule has 0 aliphatic carbocycles. The molecule has 0 saturated carbocycles. The first-order valence-electron chi connectivity index (χ1n) is 13.0. The molecule has 0 radical (unpaired) electrons. The van der Waals surface area contributed by atoms with Crippen molar-refractivity contribution >= 4 is 11.7 Å². The molecule has 0 N–H and O–H groups in total. The second-order valence-electron chi connectivity index (χ2n) is 10.0. The number of likely N-dealkylation sites (N-methyl/N-ethyl adjacent to an activating group) is 1. The Labute approximate surface area is 214 Å². The monoisotopic (exact) mass is 491 g/mol. The Hall–Kier alpha value is -3.19. The average molecular weight is 492 g/mol. The van der Waals surface area contributed by atoms with Gasteiger partial charge in [0.15, 0.2) is 0 Å². The minimum Gasteiger partial charge on any atom is -0.354 e. The van der Waals surface area contributed by atoms with E-state index in [1.54, 1.807) is 12.1 Å². The Morgan fingerprint density at radius 1 is 1.03 bits per heavy atom. The van der Waals surface area contributed by atoms with Crippen LogP contribution in [0.25, 0.3) is 5.69 Å². The molecule has 1 aromatic heterocycles. The molecule has 0 unspecified atom stereocenters. The number of piperazine rings is 1. The van der Waals surface area contributed by atoms with Crippen molar-refractivity contribution in [3.05, 3.63) is 77.2 Å². The van der Waals surface area contributed by atoms with E-state index >= 15 is 0 Å². The number of halogens is 1. The standard InChI is InChI=1S/C29H38FN5O/c1-5-32-15-17-33(18-16-32)29-27(23(4)31-35(29)26-9-7-6-8-10-26)21-34(20-22(2)3)28(36)19-24-11-13-25(30)14-12-24/h6-14,22H,5,15-21H2,1-4H3. The van der Waals surface area contributed by atoms with Crippen LogP contribution in [0.5, 0.6) is 0 Å². The number of hydrogen-bond acceptors (Lipinski definition) is 4. The smallest absolute Gasteiger partial charge is 0.227 e. The van der Waals surface area contributed by atoms with E-state index in [2.05, 4.69) is 42.7 Å². The van der Waals surface area contributed by atoms with Crippen LogP contribution in [0, 0.1) is 18.7 Å². The molecule has 2 heterocycles. The molecule has 1 aliphatic heterocycles. The third-order valence-corrected chi connectivity index (χ3v) is 6.83. The summed E-state index contributed by atoms with van der Waals surface area (Å²) in [4.78, 5) is 20.3. The molecule has 1 aliphatic rings. The van der Waals surface area contributed by atoms with Crippen LogP contribution in [-0.4, -0.2) is 64.8 Å². The first kappa shape index (κ1) is 25.9. The van der Waals surface area contributed by atoms with Crippen LogP contribution < -0.4 is 4.90 Å². The summed E-state index contributed by atoms with van der Waals surface area (Å²) in [6.07, 6.45) is 0.253. The number of hydrogen-bond donors (Lipinski definition) is 0. The van der Waals surface area contributed by atoms with Gasteiger partial charge in [0.25, 0.3) is 0 Å².